The van der Waals surface area contributed by atoms with Gasteiger partial charge in [-0.15, -0.1) is 15.3 Å². The first-order valence-electron chi connectivity index (χ1n) is 10.7. The van der Waals surface area contributed by atoms with Crippen LogP contribution in [0.25, 0.3) is 17.0 Å². The van der Waals surface area contributed by atoms with Gasteiger partial charge in [-0.2, -0.15) is 4.52 Å². The Morgan fingerprint density at radius 3 is 2.40 bits per heavy atom. The SMILES string of the molecule is COc1ccc(-c2nnc3ccc(OCCNC(=O)c4ccc(OC)c(OC)c4)nn23)c(OC)c1. The molecule has 182 valence electrons. The maximum Gasteiger partial charge on any atom is 0.251 e. The van der Waals surface area contributed by atoms with E-state index in [1.54, 1.807) is 61.2 Å². The van der Waals surface area contributed by atoms with E-state index in [4.69, 9.17) is 23.7 Å². The van der Waals surface area contributed by atoms with Crippen molar-refractivity contribution in [1.82, 2.24) is 25.1 Å². The highest BCUT2D eigenvalue weighted by Gasteiger charge is 2.16. The summed E-state index contributed by atoms with van der Waals surface area (Å²) in [6, 6.07) is 13.8. The van der Waals surface area contributed by atoms with Crippen LogP contribution in [0.1, 0.15) is 10.4 Å². The summed E-state index contributed by atoms with van der Waals surface area (Å²) in [5.74, 6) is 2.85. The Morgan fingerprint density at radius 1 is 0.857 bits per heavy atom. The van der Waals surface area contributed by atoms with Crippen molar-refractivity contribution in [3.05, 3.63) is 54.1 Å². The number of benzene rings is 2. The van der Waals surface area contributed by atoms with Crippen LogP contribution in [0.4, 0.5) is 0 Å². The predicted molar refractivity (Wildman–Crippen MR) is 127 cm³/mol. The molecule has 2 aromatic carbocycles. The monoisotopic (exact) mass is 479 g/mol. The van der Waals surface area contributed by atoms with E-state index < -0.39 is 0 Å². The molecule has 0 fully saturated rings. The molecule has 0 saturated heterocycles. The molecule has 0 bridgehead atoms. The van der Waals surface area contributed by atoms with E-state index in [-0.39, 0.29) is 19.1 Å². The predicted octanol–water partition coefficient (Wildman–Crippen LogP) is 2.63. The topological polar surface area (TPSA) is 118 Å². The molecule has 0 spiro atoms. The molecule has 35 heavy (non-hydrogen) atoms. The maximum absolute atomic E-state index is 12.5. The van der Waals surface area contributed by atoms with Crippen molar-refractivity contribution in [2.45, 2.75) is 0 Å². The Kier molecular flexibility index (Phi) is 7.15. The van der Waals surface area contributed by atoms with Crippen LogP contribution in [-0.2, 0) is 0 Å². The van der Waals surface area contributed by atoms with Gasteiger partial charge in [0.2, 0.25) is 5.88 Å². The minimum Gasteiger partial charge on any atom is -0.497 e. The summed E-state index contributed by atoms with van der Waals surface area (Å²) < 4.78 is 28.5. The Labute approximate surface area is 201 Å². The van der Waals surface area contributed by atoms with Gasteiger partial charge in [-0.1, -0.05) is 0 Å². The number of aromatic nitrogens is 4. The highest BCUT2D eigenvalue weighted by atomic mass is 16.5. The van der Waals surface area contributed by atoms with Crippen molar-refractivity contribution >= 4 is 11.6 Å². The van der Waals surface area contributed by atoms with Crippen LogP contribution in [0.15, 0.2) is 48.5 Å². The van der Waals surface area contributed by atoms with Crippen molar-refractivity contribution < 1.29 is 28.5 Å². The molecule has 4 rings (SSSR count). The first kappa shape index (κ1) is 23.6. The van der Waals surface area contributed by atoms with Gasteiger partial charge in [0.25, 0.3) is 5.91 Å². The highest BCUT2D eigenvalue weighted by Crippen LogP contribution is 2.32. The quantitative estimate of drug-likeness (QED) is 0.342. The fourth-order valence-electron chi connectivity index (χ4n) is 3.40. The lowest BCUT2D eigenvalue weighted by Gasteiger charge is -2.11. The lowest BCUT2D eigenvalue weighted by atomic mass is 10.2. The van der Waals surface area contributed by atoms with Crippen molar-refractivity contribution in [2.24, 2.45) is 0 Å². The van der Waals surface area contributed by atoms with E-state index in [9.17, 15) is 4.79 Å². The molecule has 0 aliphatic carbocycles. The normalized spacial score (nSPS) is 10.6. The third kappa shape index (κ3) is 5.03. The van der Waals surface area contributed by atoms with Gasteiger partial charge < -0.3 is 29.0 Å². The van der Waals surface area contributed by atoms with Gasteiger partial charge in [0, 0.05) is 17.7 Å². The summed E-state index contributed by atoms with van der Waals surface area (Å²) >= 11 is 0. The van der Waals surface area contributed by atoms with Crippen LogP contribution in [0, 0.1) is 0 Å². The van der Waals surface area contributed by atoms with E-state index in [1.165, 1.54) is 14.2 Å². The van der Waals surface area contributed by atoms with E-state index in [0.717, 1.165) is 0 Å². The number of methoxy groups -OCH3 is 4. The van der Waals surface area contributed by atoms with Crippen LogP contribution in [0.2, 0.25) is 0 Å². The van der Waals surface area contributed by atoms with Crippen LogP contribution in [-0.4, -0.2) is 67.3 Å². The molecule has 2 aromatic heterocycles. The van der Waals surface area contributed by atoms with Gasteiger partial charge >= 0.3 is 0 Å². The molecule has 1 N–H and O–H groups in total. The van der Waals surface area contributed by atoms with Crippen molar-refractivity contribution in [3.8, 4) is 40.3 Å². The smallest absolute Gasteiger partial charge is 0.251 e. The summed E-state index contributed by atoms with van der Waals surface area (Å²) in [5.41, 5.74) is 1.70. The number of hydrogen-bond donors (Lipinski definition) is 1. The fraction of sp³-hybridized carbons (Fsp3) is 0.250. The second-order valence-electron chi connectivity index (χ2n) is 7.21. The first-order valence-corrected chi connectivity index (χ1v) is 10.7. The molecule has 0 saturated carbocycles. The average molecular weight is 479 g/mol. The number of rotatable bonds is 10. The molecule has 11 heteroatoms. The molecular formula is C24H25N5O6. The van der Waals surface area contributed by atoms with Gasteiger partial charge in [0.1, 0.15) is 18.1 Å². The maximum atomic E-state index is 12.5. The lowest BCUT2D eigenvalue weighted by Crippen LogP contribution is -2.28. The molecule has 0 radical (unpaired) electrons. The Hall–Kier alpha value is -4.54. The molecule has 11 nitrogen and oxygen atoms in total. The van der Waals surface area contributed by atoms with E-state index in [0.29, 0.717) is 51.5 Å². The number of amides is 1. The summed E-state index contributed by atoms with van der Waals surface area (Å²) in [5, 5.41) is 15.7. The summed E-state index contributed by atoms with van der Waals surface area (Å²) in [7, 11) is 6.21. The van der Waals surface area contributed by atoms with E-state index in [2.05, 4.69) is 20.6 Å². The summed E-state index contributed by atoms with van der Waals surface area (Å²) in [6.45, 7) is 0.481. The van der Waals surface area contributed by atoms with Crippen LogP contribution in [0.3, 0.4) is 0 Å². The minimum absolute atomic E-state index is 0.209. The second-order valence-corrected chi connectivity index (χ2v) is 7.21. The molecule has 0 atom stereocenters. The number of carbonyl (C=O) groups excluding carboxylic acids is 1. The number of ether oxygens (including phenoxy) is 5. The van der Waals surface area contributed by atoms with Gasteiger partial charge in [-0.25, -0.2) is 0 Å². The third-order valence-corrected chi connectivity index (χ3v) is 5.17. The standard InChI is InChI=1S/C24H25N5O6/c1-31-16-6-7-17(19(14-16)33-3)23-27-26-21-9-10-22(28-29(21)23)35-12-11-25-24(30)15-5-8-18(32-2)20(13-15)34-4/h5-10,13-14H,11-12H2,1-4H3,(H,25,30). The van der Waals surface area contributed by atoms with Crippen molar-refractivity contribution in [2.75, 3.05) is 41.6 Å². The van der Waals surface area contributed by atoms with Gasteiger partial charge in [0.15, 0.2) is 23.0 Å². The molecule has 0 aliphatic rings. The third-order valence-electron chi connectivity index (χ3n) is 5.17. The van der Waals surface area contributed by atoms with Crippen LogP contribution in [0.5, 0.6) is 28.9 Å². The van der Waals surface area contributed by atoms with E-state index in [1.807, 2.05) is 6.07 Å². The second kappa shape index (κ2) is 10.6. The minimum atomic E-state index is -0.259. The fourth-order valence-corrected chi connectivity index (χ4v) is 3.40. The molecule has 2 heterocycles. The number of nitrogens with one attached hydrogen (secondary N) is 1. The Morgan fingerprint density at radius 2 is 1.66 bits per heavy atom. The molecule has 0 aliphatic heterocycles. The lowest BCUT2D eigenvalue weighted by molar-refractivity contribution is 0.0946. The zero-order valence-electron chi connectivity index (χ0n) is 19.8. The van der Waals surface area contributed by atoms with Gasteiger partial charge in [-0.3, -0.25) is 4.79 Å². The largest absolute Gasteiger partial charge is 0.497 e. The van der Waals surface area contributed by atoms with Crippen molar-refractivity contribution in [3.63, 3.8) is 0 Å². The van der Waals surface area contributed by atoms with E-state index >= 15 is 0 Å². The molecule has 1 amide bonds. The van der Waals surface area contributed by atoms with Crippen molar-refractivity contribution in [1.29, 1.82) is 0 Å². The summed E-state index contributed by atoms with van der Waals surface area (Å²) in [4.78, 5) is 12.5. The Bertz CT molecular complexity index is 1340. The van der Waals surface area contributed by atoms with Gasteiger partial charge in [-0.05, 0) is 36.4 Å². The Balaban J connectivity index is 1.42. The summed E-state index contributed by atoms with van der Waals surface area (Å²) in [6.07, 6.45) is 0. The first-order chi connectivity index (χ1) is 17.1. The zero-order chi connectivity index (χ0) is 24.8. The molecular weight excluding hydrogens is 454 g/mol. The zero-order valence-corrected chi connectivity index (χ0v) is 19.8. The van der Waals surface area contributed by atoms with Crippen LogP contribution < -0.4 is 29.0 Å². The number of hydrogen-bond acceptors (Lipinski definition) is 9. The number of nitrogens with zero attached hydrogens (tertiary/aromatic N) is 4. The number of fused-ring (bicyclic) bond motifs is 1. The van der Waals surface area contributed by atoms with Crippen LogP contribution >= 0.6 is 0 Å². The molecule has 4 aromatic rings. The highest BCUT2D eigenvalue weighted by molar-refractivity contribution is 5.94. The van der Waals surface area contributed by atoms with Gasteiger partial charge in [0.05, 0.1) is 40.5 Å². The molecule has 0 unspecified atom stereocenters. The average Bonchev–Trinajstić information content (AvgIpc) is 3.33. The number of carbonyl (C=O) groups is 1.